The lowest BCUT2D eigenvalue weighted by molar-refractivity contribution is -0.112. The number of allylic oxidation sites excluding steroid dienone is 1. The van der Waals surface area contributed by atoms with E-state index in [0.717, 1.165) is 5.56 Å². The summed E-state index contributed by atoms with van der Waals surface area (Å²) >= 11 is 0. The number of nitrogens with one attached hydrogen (secondary N) is 3. The van der Waals surface area contributed by atoms with Crippen molar-refractivity contribution in [2.24, 2.45) is 4.99 Å². The molecule has 5 N–H and O–H groups in total. The number of hydrogen-bond donors (Lipinski definition) is 4. The zero-order valence-corrected chi connectivity index (χ0v) is 27.9. The van der Waals surface area contributed by atoms with Gasteiger partial charge in [-0.25, -0.2) is 18.4 Å². The molecule has 4 aromatic rings. The van der Waals surface area contributed by atoms with Gasteiger partial charge < -0.3 is 30.1 Å². The van der Waals surface area contributed by atoms with Crippen LogP contribution in [-0.4, -0.2) is 64.2 Å². The highest BCUT2D eigenvalue weighted by molar-refractivity contribution is 7.89. The molecule has 0 saturated carbocycles. The molecule has 2 aliphatic rings. The molecule has 0 spiro atoms. The van der Waals surface area contributed by atoms with Crippen LogP contribution in [-0.2, 0) is 26.1 Å². The number of carbonyl (C=O) groups is 1. The van der Waals surface area contributed by atoms with Crippen molar-refractivity contribution in [3.63, 3.8) is 0 Å². The Morgan fingerprint density at radius 3 is 2.39 bits per heavy atom. The van der Waals surface area contributed by atoms with Crippen LogP contribution in [0.5, 0.6) is 17.2 Å². The Morgan fingerprint density at radius 1 is 1.04 bits per heavy atom. The van der Waals surface area contributed by atoms with Gasteiger partial charge in [0.2, 0.25) is 15.8 Å². The van der Waals surface area contributed by atoms with Crippen LogP contribution >= 0.6 is 0 Å². The monoisotopic (exact) mass is 686 g/mol. The summed E-state index contributed by atoms with van der Waals surface area (Å²) in [5.74, 6) is 1.95. The van der Waals surface area contributed by atoms with Gasteiger partial charge in [0, 0.05) is 29.4 Å². The van der Waals surface area contributed by atoms with Gasteiger partial charge in [-0.1, -0.05) is 18.2 Å². The fourth-order valence-electron chi connectivity index (χ4n) is 5.36. The number of amides is 1. The Hall–Kier alpha value is -5.71. The van der Waals surface area contributed by atoms with Crippen LogP contribution in [0.2, 0.25) is 0 Å². The number of aliphatic imine (C=N–C) groups is 1. The van der Waals surface area contributed by atoms with Crippen LogP contribution in [0.1, 0.15) is 23.6 Å². The number of anilines is 3. The second kappa shape index (κ2) is 13.8. The molecule has 1 aromatic heterocycles. The minimum atomic E-state index is -3.81. The zero-order chi connectivity index (χ0) is 34.7. The van der Waals surface area contributed by atoms with Crippen LogP contribution in [0.15, 0.2) is 88.6 Å². The molecule has 3 aromatic carbocycles. The summed E-state index contributed by atoms with van der Waals surface area (Å²) in [4.78, 5) is 33.6. The lowest BCUT2D eigenvalue weighted by Gasteiger charge is -2.18. The van der Waals surface area contributed by atoms with Gasteiger partial charge in [0.25, 0.3) is 11.9 Å². The maximum atomic E-state index is 13.7. The minimum Gasteiger partial charge on any atom is -0.493 e. The normalized spacial score (nSPS) is 16.3. The zero-order valence-electron chi connectivity index (χ0n) is 27.1. The molecule has 1 unspecified atom stereocenters. The Morgan fingerprint density at radius 2 is 1.76 bits per heavy atom. The molecule has 0 saturated heterocycles. The number of carbonyl (C=O) groups excluding carboxylic acids is 1. The summed E-state index contributed by atoms with van der Waals surface area (Å²) in [6.07, 6.45) is 2.90. The quantitative estimate of drug-likeness (QED) is 0.170. The molecule has 2 aliphatic heterocycles. The third kappa shape index (κ3) is 6.96. The smallest absolute Gasteiger partial charge is 0.279 e. The van der Waals surface area contributed by atoms with Gasteiger partial charge in [-0.3, -0.25) is 9.69 Å². The van der Waals surface area contributed by atoms with E-state index in [1.54, 1.807) is 51.6 Å². The van der Waals surface area contributed by atoms with E-state index in [-0.39, 0.29) is 34.9 Å². The highest BCUT2D eigenvalue weighted by Gasteiger charge is 2.34. The molecule has 0 radical (unpaired) electrons. The number of nitrogen functional groups attached to an aromatic ring is 1. The summed E-state index contributed by atoms with van der Waals surface area (Å²) in [5.41, 5.74) is 12.4. The first kappa shape index (κ1) is 33.2. The largest absolute Gasteiger partial charge is 0.493 e. The number of ether oxygens (including phenoxy) is 3. The fraction of sp³-hybridized carbons (Fsp3) is 0.212. The van der Waals surface area contributed by atoms with E-state index in [9.17, 15) is 13.2 Å². The Kier molecular flexibility index (Phi) is 9.35. The number of nitrogens with two attached hydrogens (primary N) is 1. The Bertz CT molecular complexity index is 2040. The Balaban J connectivity index is 1.16. The van der Waals surface area contributed by atoms with Crippen LogP contribution in [0, 0.1) is 0 Å². The summed E-state index contributed by atoms with van der Waals surface area (Å²) in [6, 6.07) is 17.1. The number of nitrogens with zero attached hydrogens (tertiary/aromatic N) is 4. The highest BCUT2D eigenvalue weighted by Crippen LogP contribution is 2.39. The number of aromatic nitrogens is 2. The SMILES string of the molecule is COc1cc(Cc2cnc(/N=C3/C(=O)N(CNc4ccc(S(=O)(=O)NC5C=C(C)ON5)cc4)c4ccccc43)nc2N)cc(OC)c1OC. The lowest BCUT2D eigenvalue weighted by atomic mass is 10.1. The van der Waals surface area contributed by atoms with Crippen LogP contribution < -0.4 is 40.4 Å². The van der Waals surface area contributed by atoms with Crippen molar-refractivity contribution in [1.29, 1.82) is 0 Å². The molecule has 16 heteroatoms. The predicted octanol–water partition coefficient (Wildman–Crippen LogP) is 3.26. The number of hydrogen-bond acceptors (Lipinski definition) is 13. The van der Waals surface area contributed by atoms with E-state index >= 15 is 0 Å². The van der Waals surface area contributed by atoms with Gasteiger partial charge in [-0.05, 0) is 61.0 Å². The maximum absolute atomic E-state index is 13.7. The van der Waals surface area contributed by atoms with Crippen molar-refractivity contribution in [1.82, 2.24) is 20.2 Å². The minimum absolute atomic E-state index is 0.0366. The predicted molar refractivity (Wildman–Crippen MR) is 182 cm³/mol. The fourth-order valence-corrected chi connectivity index (χ4v) is 6.44. The van der Waals surface area contributed by atoms with Crippen molar-refractivity contribution in [3.8, 4) is 17.2 Å². The maximum Gasteiger partial charge on any atom is 0.279 e. The molecular weight excluding hydrogens is 652 g/mol. The number of para-hydroxylation sites is 1. The number of sulfonamides is 1. The van der Waals surface area contributed by atoms with Crippen molar-refractivity contribution >= 4 is 44.8 Å². The van der Waals surface area contributed by atoms with E-state index in [1.807, 2.05) is 30.3 Å². The molecule has 15 nitrogen and oxygen atoms in total. The summed E-state index contributed by atoms with van der Waals surface area (Å²) in [5, 5.41) is 3.18. The van der Waals surface area contributed by atoms with Crippen molar-refractivity contribution in [3.05, 3.63) is 95.4 Å². The second-order valence-corrected chi connectivity index (χ2v) is 12.7. The lowest BCUT2D eigenvalue weighted by Crippen LogP contribution is -2.40. The molecule has 3 heterocycles. The van der Waals surface area contributed by atoms with Crippen molar-refractivity contribution in [2.75, 3.05) is 43.9 Å². The molecule has 1 amide bonds. The van der Waals surface area contributed by atoms with E-state index < -0.39 is 16.2 Å². The topological polar surface area (TPSA) is 192 Å². The molecular formula is C33H34N8O7S. The van der Waals surface area contributed by atoms with Crippen molar-refractivity contribution in [2.45, 2.75) is 24.4 Å². The summed E-state index contributed by atoms with van der Waals surface area (Å²) in [7, 11) is 0.812. The van der Waals surface area contributed by atoms with Gasteiger partial charge in [0.1, 0.15) is 23.5 Å². The van der Waals surface area contributed by atoms with Crippen molar-refractivity contribution < 1.29 is 32.3 Å². The van der Waals surface area contributed by atoms with Gasteiger partial charge in [-0.15, -0.1) is 5.48 Å². The molecule has 0 aliphatic carbocycles. The molecule has 0 bridgehead atoms. The first-order valence-corrected chi connectivity index (χ1v) is 16.5. The van der Waals surface area contributed by atoms with E-state index in [1.165, 1.54) is 24.1 Å². The first-order valence-electron chi connectivity index (χ1n) is 15.0. The van der Waals surface area contributed by atoms with Gasteiger partial charge in [-0.2, -0.15) is 9.71 Å². The van der Waals surface area contributed by atoms with Gasteiger partial charge in [0.05, 0.1) is 38.6 Å². The van der Waals surface area contributed by atoms with Gasteiger partial charge >= 0.3 is 0 Å². The summed E-state index contributed by atoms with van der Waals surface area (Å²) in [6.45, 7) is 1.80. The standard InChI is InChI=1S/C33H34N8O7S/c1-19-13-28(39-48-19)40-49(43,44)23-11-9-22(10-12-23)36-18-41-25-8-6-5-7-24(25)29(32(41)42)37-33-35-17-21(31(34)38-33)14-20-15-26(45-2)30(47-4)27(16-20)46-3/h5-13,15-17,28,36,39-40H,14,18H2,1-4H3,(H2,34,35,38)/b37-29+. The molecule has 6 rings (SSSR count). The molecule has 254 valence electrons. The third-order valence-corrected chi connectivity index (χ3v) is 9.21. The van der Waals surface area contributed by atoms with E-state index in [2.05, 4.69) is 30.5 Å². The van der Waals surface area contributed by atoms with E-state index in [0.29, 0.717) is 51.9 Å². The molecule has 1 atom stereocenters. The number of rotatable bonds is 12. The first-order chi connectivity index (χ1) is 23.6. The van der Waals surface area contributed by atoms with Crippen LogP contribution in [0.3, 0.4) is 0 Å². The molecule has 0 fully saturated rings. The number of benzene rings is 3. The van der Waals surface area contributed by atoms with Crippen LogP contribution in [0.25, 0.3) is 0 Å². The van der Waals surface area contributed by atoms with E-state index in [4.69, 9.17) is 24.8 Å². The number of methoxy groups -OCH3 is 3. The molecule has 49 heavy (non-hydrogen) atoms. The average molecular weight is 687 g/mol. The number of fused-ring (bicyclic) bond motifs is 1. The van der Waals surface area contributed by atoms with Crippen LogP contribution in [0.4, 0.5) is 23.1 Å². The highest BCUT2D eigenvalue weighted by atomic mass is 32.2. The second-order valence-electron chi connectivity index (χ2n) is 11.0. The summed E-state index contributed by atoms with van der Waals surface area (Å²) < 4.78 is 44.4. The Labute approximate surface area is 282 Å². The average Bonchev–Trinajstić information content (AvgIpc) is 3.62. The van der Waals surface area contributed by atoms with Gasteiger partial charge in [0.15, 0.2) is 11.5 Å². The third-order valence-electron chi connectivity index (χ3n) is 7.75. The number of hydroxylamine groups is 1.